The van der Waals surface area contributed by atoms with Crippen LogP contribution in [0, 0.1) is 11.8 Å². The van der Waals surface area contributed by atoms with E-state index in [-0.39, 0.29) is 65.7 Å². The summed E-state index contributed by atoms with van der Waals surface area (Å²) >= 11 is 0. The van der Waals surface area contributed by atoms with E-state index in [9.17, 15) is 5.11 Å². The van der Waals surface area contributed by atoms with E-state index < -0.39 is 31.8 Å². The first kappa shape index (κ1) is 51.0. The number of rotatable bonds is 20. The molecule has 0 aromatic heterocycles. The highest BCUT2D eigenvalue weighted by atomic mass is 28.4. The van der Waals surface area contributed by atoms with Crippen molar-refractivity contribution in [2.24, 2.45) is 11.8 Å². The largest absolute Gasteiger partial charge is 0.497 e. The van der Waals surface area contributed by atoms with Crippen molar-refractivity contribution in [2.75, 3.05) is 7.11 Å². The summed E-state index contributed by atoms with van der Waals surface area (Å²) in [5.74, 6) is -1.28. The maximum absolute atomic E-state index is 10.6. The lowest BCUT2D eigenvalue weighted by molar-refractivity contribution is -0.324. The number of hydrogen-bond donors (Lipinski definition) is 1. The van der Waals surface area contributed by atoms with Crippen molar-refractivity contribution < 1.29 is 47.4 Å². The quantitative estimate of drug-likeness (QED) is 0.101. The average Bonchev–Trinajstić information content (AvgIpc) is 3.10. The van der Waals surface area contributed by atoms with Crippen molar-refractivity contribution in [3.63, 3.8) is 0 Å². The van der Waals surface area contributed by atoms with Crippen LogP contribution >= 0.6 is 0 Å². The Kier molecular flexibility index (Phi) is 18.2. The van der Waals surface area contributed by atoms with Gasteiger partial charge in [0.25, 0.3) is 0 Å². The second kappa shape index (κ2) is 21.4. The third-order valence-electron chi connectivity index (χ3n) is 12.5. The molecule has 60 heavy (non-hydrogen) atoms. The van der Waals surface area contributed by atoms with Crippen LogP contribution < -0.4 is 4.74 Å². The fraction of sp³-hybridized carbons (Fsp3) is 0.796. The van der Waals surface area contributed by atoms with Crippen LogP contribution in [0.25, 0.3) is 0 Å². The molecule has 3 fully saturated rings. The Morgan fingerprint density at radius 1 is 0.767 bits per heavy atom. The lowest BCUT2D eigenvalue weighted by Crippen LogP contribution is -2.50. The molecule has 344 valence electrons. The molecule has 0 radical (unpaired) electrons. The van der Waals surface area contributed by atoms with Gasteiger partial charge in [0.05, 0.1) is 68.7 Å². The van der Waals surface area contributed by atoms with Crippen LogP contribution in [-0.4, -0.2) is 92.8 Å². The molecule has 0 spiro atoms. The molecule has 3 aliphatic rings. The first-order chi connectivity index (χ1) is 27.8. The minimum Gasteiger partial charge on any atom is -0.497 e. The second-order valence-corrected chi connectivity index (χ2v) is 25.7. The topological polar surface area (TPSA) is 103 Å². The monoisotopic (exact) mass is 861 g/mol. The summed E-state index contributed by atoms with van der Waals surface area (Å²) in [5.41, 5.74) is 1.07. The van der Waals surface area contributed by atoms with E-state index in [1.165, 1.54) is 0 Å². The Balaban J connectivity index is 1.50. The minimum atomic E-state index is -2.01. The number of benzene rings is 1. The lowest BCUT2D eigenvalue weighted by Gasteiger charge is -2.46. The van der Waals surface area contributed by atoms with Gasteiger partial charge >= 0.3 is 0 Å². The van der Waals surface area contributed by atoms with Crippen LogP contribution in [0.1, 0.15) is 140 Å². The zero-order valence-corrected chi connectivity index (χ0v) is 41.1. The Morgan fingerprint density at radius 2 is 1.25 bits per heavy atom. The second-order valence-electron chi connectivity index (χ2n) is 21.0. The van der Waals surface area contributed by atoms with Crippen LogP contribution in [0.15, 0.2) is 49.1 Å². The van der Waals surface area contributed by atoms with E-state index in [0.29, 0.717) is 38.7 Å². The number of ether oxygens (including phenoxy) is 8. The summed E-state index contributed by atoms with van der Waals surface area (Å²) in [4.78, 5) is 0. The molecule has 3 saturated heterocycles. The average molecular weight is 861 g/mol. The summed E-state index contributed by atoms with van der Waals surface area (Å²) in [7, 11) is -0.335. The standard InChI is InChI=1S/C49H84O10Si/c1-17-18-38(59-60(15,16)46(5,6)7)26-41-30-42(56-48(10,11)55-41)27-39(52-32-35-20-23-36(51-14)24-21-35)28-43-31-44(58-49(12,13)57-43)29-40-25-37(53-47(8,9)54-40)22-19-34(4)45(50)33(2)3/h17,19-24,33-34,37-45,50H,1,18,25-32H2,2-16H3/b22-19+/t34-,37-,38-,39-,40-,41-,42+,43-,44+,45-/m0/s1. The van der Waals surface area contributed by atoms with Gasteiger partial charge in [-0.1, -0.05) is 71.9 Å². The molecular formula is C49H84O10Si. The molecule has 0 bridgehead atoms. The van der Waals surface area contributed by atoms with Gasteiger partial charge in [0.15, 0.2) is 25.7 Å². The van der Waals surface area contributed by atoms with Crippen LogP contribution in [-0.2, 0) is 44.2 Å². The maximum atomic E-state index is 10.6. The van der Waals surface area contributed by atoms with E-state index in [0.717, 1.165) is 30.6 Å². The summed E-state index contributed by atoms with van der Waals surface area (Å²) in [6.07, 6.45) is 10.9. The molecule has 10 atom stereocenters. The van der Waals surface area contributed by atoms with Crippen LogP contribution in [0.2, 0.25) is 18.1 Å². The molecule has 1 aromatic carbocycles. The molecular weight excluding hydrogens is 777 g/mol. The van der Waals surface area contributed by atoms with Crippen molar-refractivity contribution in [3.8, 4) is 5.75 Å². The molecule has 11 heteroatoms. The van der Waals surface area contributed by atoms with E-state index >= 15 is 0 Å². The Bertz CT molecular complexity index is 1480. The molecule has 1 N–H and O–H groups in total. The van der Waals surface area contributed by atoms with Gasteiger partial charge in [0.1, 0.15) is 5.75 Å². The van der Waals surface area contributed by atoms with Crippen molar-refractivity contribution in [2.45, 2.75) is 231 Å². The fourth-order valence-corrected chi connectivity index (χ4v) is 10.1. The first-order valence-corrected chi connectivity index (χ1v) is 25.6. The predicted molar refractivity (Wildman–Crippen MR) is 241 cm³/mol. The zero-order valence-electron chi connectivity index (χ0n) is 40.1. The van der Waals surface area contributed by atoms with Crippen molar-refractivity contribution in [1.82, 2.24) is 0 Å². The Labute approximate surface area is 365 Å². The van der Waals surface area contributed by atoms with Gasteiger partial charge in [-0.3, -0.25) is 0 Å². The highest BCUT2D eigenvalue weighted by molar-refractivity contribution is 6.74. The smallest absolute Gasteiger partial charge is 0.192 e. The third-order valence-corrected chi connectivity index (χ3v) is 17.1. The van der Waals surface area contributed by atoms with E-state index in [4.69, 9.17) is 42.3 Å². The Morgan fingerprint density at radius 3 is 1.75 bits per heavy atom. The van der Waals surface area contributed by atoms with Gasteiger partial charge < -0.3 is 47.4 Å². The van der Waals surface area contributed by atoms with Gasteiger partial charge in [-0.2, -0.15) is 0 Å². The molecule has 3 heterocycles. The van der Waals surface area contributed by atoms with Crippen LogP contribution in [0.3, 0.4) is 0 Å². The highest BCUT2D eigenvalue weighted by Crippen LogP contribution is 2.41. The zero-order chi connectivity index (χ0) is 44.7. The summed E-state index contributed by atoms with van der Waals surface area (Å²) in [6, 6.07) is 8.05. The van der Waals surface area contributed by atoms with E-state index in [1.807, 2.05) is 80.5 Å². The van der Waals surface area contributed by atoms with Gasteiger partial charge in [-0.15, -0.1) is 6.58 Å². The first-order valence-electron chi connectivity index (χ1n) is 22.7. The normalized spacial score (nSPS) is 29.2. The molecule has 0 unspecified atom stereocenters. The maximum Gasteiger partial charge on any atom is 0.192 e. The van der Waals surface area contributed by atoms with Gasteiger partial charge in [-0.05, 0) is 96.1 Å². The molecule has 1 aromatic rings. The van der Waals surface area contributed by atoms with Crippen molar-refractivity contribution >= 4 is 8.32 Å². The van der Waals surface area contributed by atoms with E-state index in [2.05, 4.69) is 64.7 Å². The van der Waals surface area contributed by atoms with Gasteiger partial charge in [-0.25, -0.2) is 0 Å². The third kappa shape index (κ3) is 16.2. The van der Waals surface area contributed by atoms with Crippen molar-refractivity contribution in [3.05, 3.63) is 54.6 Å². The molecule has 10 nitrogen and oxygen atoms in total. The summed E-state index contributed by atoms with van der Waals surface area (Å²) in [6.45, 7) is 34.1. The predicted octanol–water partition coefficient (Wildman–Crippen LogP) is 11.0. The van der Waals surface area contributed by atoms with Crippen LogP contribution in [0.4, 0.5) is 0 Å². The molecule has 4 rings (SSSR count). The summed E-state index contributed by atoms with van der Waals surface area (Å²) < 4.78 is 58.5. The summed E-state index contributed by atoms with van der Waals surface area (Å²) in [5, 5.41) is 10.7. The van der Waals surface area contributed by atoms with Crippen molar-refractivity contribution in [1.29, 1.82) is 0 Å². The fourth-order valence-electron chi connectivity index (χ4n) is 8.76. The van der Waals surface area contributed by atoms with E-state index in [1.54, 1.807) is 7.11 Å². The number of hydrogen-bond acceptors (Lipinski definition) is 10. The minimum absolute atomic E-state index is 0.0253. The number of aliphatic hydroxyl groups excluding tert-OH is 1. The highest BCUT2D eigenvalue weighted by Gasteiger charge is 2.44. The Hall–Kier alpha value is -1.64. The lowest BCUT2D eigenvalue weighted by atomic mass is 9.92. The molecule has 3 aliphatic heterocycles. The van der Waals surface area contributed by atoms with Gasteiger partial charge in [0, 0.05) is 44.4 Å². The number of methoxy groups -OCH3 is 1. The molecule has 0 aliphatic carbocycles. The molecule has 0 amide bonds. The SMILES string of the molecule is C=CC[C@@H](C[C@H]1C[C@@H](C[C@@H](C[C@H]2C[C@@H](C[C@@H]3C[C@H](/C=C/[C@H](C)[C@@H](O)C(C)C)OC(C)(C)O3)OC(C)(C)O2)OCc2ccc(OC)cc2)OC(C)(C)O1)O[Si](C)(C)C(C)(C)C. The van der Waals surface area contributed by atoms with Crippen LogP contribution in [0.5, 0.6) is 5.75 Å². The van der Waals surface area contributed by atoms with Gasteiger partial charge in [0.2, 0.25) is 0 Å². The molecule has 0 saturated carbocycles. The number of aliphatic hydroxyl groups is 1.